The highest BCUT2D eigenvalue weighted by Crippen LogP contribution is 2.40. The number of fused-ring (bicyclic) bond motifs is 1. The van der Waals surface area contributed by atoms with Crippen molar-refractivity contribution in [3.8, 4) is 28.7 Å². The van der Waals surface area contributed by atoms with Crippen LogP contribution in [0.5, 0.6) is 28.7 Å². The average Bonchev–Trinajstić information content (AvgIpc) is 3.54. The van der Waals surface area contributed by atoms with Crippen LogP contribution in [0.15, 0.2) is 64.4 Å². The summed E-state index contributed by atoms with van der Waals surface area (Å²) in [5.41, 5.74) is 1.42. The molecule has 0 spiro atoms. The number of hydrogen-bond acceptors (Lipinski definition) is 10. The van der Waals surface area contributed by atoms with E-state index in [-0.39, 0.29) is 41.1 Å². The zero-order valence-corrected chi connectivity index (χ0v) is 31.5. The van der Waals surface area contributed by atoms with Gasteiger partial charge >= 0.3 is 6.03 Å². The fraction of sp³-hybridized carbons (Fsp3) is 0.474. The molecule has 14 heteroatoms. The molecule has 282 valence electrons. The number of ether oxygens (including phenoxy) is 5. The van der Waals surface area contributed by atoms with E-state index >= 15 is 0 Å². The van der Waals surface area contributed by atoms with Crippen molar-refractivity contribution in [3.63, 3.8) is 0 Å². The van der Waals surface area contributed by atoms with Gasteiger partial charge in [0.15, 0.2) is 23.0 Å². The molecule has 0 aliphatic carbocycles. The minimum absolute atomic E-state index is 0.00129. The van der Waals surface area contributed by atoms with Crippen LogP contribution in [-0.4, -0.2) is 108 Å². The van der Waals surface area contributed by atoms with Crippen molar-refractivity contribution in [1.29, 1.82) is 0 Å². The van der Waals surface area contributed by atoms with Crippen LogP contribution in [0, 0.1) is 0 Å². The summed E-state index contributed by atoms with van der Waals surface area (Å²) >= 11 is 0. The zero-order valence-electron chi connectivity index (χ0n) is 30.7. The molecule has 0 bridgehead atoms. The Kier molecular flexibility index (Phi) is 13.1. The largest absolute Gasteiger partial charge is 0.493 e. The molecule has 2 heterocycles. The normalized spacial score (nSPS) is 15.0. The molecule has 1 N–H and O–H groups in total. The topological polar surface area (TPSA) is 136 Å². The Labute approximate surface area is 306 Å². The van der Waals surface area contributed by atoms with Gasteiger partial charge in [-0.2, -0.15) is 0 Å². The summed E-state index contributed by atoms with van der Waals surface area (Å²) in [7, 11) is 0.792. The molecule has 3 amide bonds. The predicted molar refractivity (Wildman–Crippen MR) is 197 cm³/mol. The minimum atomic E-state index is -3.74. The Morgan fingerprint density at radius 2 is 1.65 bits per heavy atom. The number of benzene rings is 3. The molecule has 1 saturated heterocycles. The molecule has 0 radical (unpaired) electrons. The van der Waals surface area contributed by atoms with Crippen molar-refractivity contribution in [3.05, 3.63) is 60.2 Å². The Balaban J connectivity index is 1.11. The molecular formula is C38H50N4O9S. The van der Waals surface area contributed by atoms with E-state index in [1.807, 2.05) is 11.0 Å². The highest BCUT2D eigenvalue weighted by Gasteiger charge is 2.26. The average molecular weight is 739 g/mol. The van der Waals surface area contributed by atoms with Crippen LogP contribution in [0.4, 0.5) is 10.5 Å². The van der Waals surface area contributed by atoms with Gasteiger partial charge in [0.25, 0.3) is 0 Å². The van der Waals surface area contributed by atoms with E-state index in [4.69, 9.17) is 23.7 Å². The van der Waals surface area contributed by atoms with Crippen molar-refractivity contribution in [2.45, 2.75) is 61.8 Å². The van der Waals surface area contributed by atoms with Crippen LogP contribution in [0.2, 0.25) is 0 Å². The van der Waals surface area contributed by atoms with Crippen LogP contribution >= 0.6 is 0 Å². The molecule has 3 aromatic rings. The molecule has 52 heavy (non-hydrogen) atoms. The smallest absolute Gasteiger partial charge is 0.322 e. The lowest BCUT2D eigenvalue weighted by Crippen LogP contribution is -2.41. The summed E-state index contributed by atoms with van der Waals surface area (Å²) in [5, 5.41) is 2.86. The van der Waals surface area contributed by atoms with E-state index in [0.717, 1.165) is 37.9 Å². The molecule has 2 aliphatic rings. The molecule has 0 aromatic heterocycles. The molecule has 13 nitrogen and oxygen atoms in total. The third-order valence-corrected chi connectivity index (χ3v) is 11.1. The Morgan fingerprint density at radius 3 is 2.37 bits per heavy atom. The van der Waals surface area contributed by atoms with Crippen LogP contribution in [0.1, 0.15) is 45.1 Å². The van der Waals surface area contributed by atoms with Gasteiger partial charge in [-0.25, -0.2) is 13.2 Å². The molecule has 1 unspecified atom stereocenters. The van der Waals surface area contributed by atoms with Crippen LogP contribution in [0.25, 0.3) is 0 Å². The number of hydrogen-bond donors (Lipinski definition) is 1. The number of carbonyl (C=O) groups excluding carboxylic acids is 2. The van der Waals surface area contributed by atoms with Crippen LogP contribution in [-0.2, 0) is 21.1 Å². The maximum absolute atomic E-state index is 13.5. The van der Waals surface area contributed by atoms with E-state index in [2.05, 4.69) is 24.1 Å². The summed E-state index contributed by atoms with van der Waals surface area (Å²) < 4.78 is 53.8. The minimum Gasteiger partial charge on any atom is -0.493 e. The SMILES string of the molecule is CCCN(CCCCN1CCCN(C(=O)Nc2cc(OC)c(OC)c(OC)c2)CC1=O)C(C)Cc1cccc(S(=O)(=O)c2ccc3c(c2)OCO3)c1. The maximum atomic E-state index is 13.5. The van der Waals surface area contributed by atoms with E-state index in [1.165, 1.54) is 32.3 Å². The van der Waals surface area contributed by atoms with Crippen molar-refractivity contribution in [2.24, 2.45) is 0 Å². The first-order valence-electron chi connectivity index (χ1n) is 17.7. The number of carbonyl (C=O) groups is 2. The van der Waals surface area contributed by atoms with Crippen molar-refractivity contribution in [1.82, 2.24) is 14.7 Å². The van der Waals surface area contributed by atoms with Gasteiger partial charge in [-0.05, 0) is 81.9 Å². The van der Waals surface area contributed by atoms with Gasteiger partial charge in [-0.15, -0.1) is 0 Å². The van der Waals surface area contributed by atoms with Gasteiger partial charge in [0.05, 0.1) is 36.8 Å². The maximum Gasteiger partial charge on any atom is 0.322 e. The van der Waals surface area contributed by atoms with Gasteiger partial charge in [-0.3, -0.25) is 4.79 Å². The number of anilines is 1. The molecule has 1 atom stereocenters. The summed E-state index contributed by atoms with van der Waals surface area (Å²) in [4.78, 5) is 32.6. The number of sulfone groups is 1. The first-order chi connectivity index (χ1) is 25.1. The van der Waals surface area contributed by atoms with E-state index < -0.39 is 9.84 Å². The molecular weight excluding hydrogens is 689 g/mol. The Morgan fingerprint density at radius 1 is 0.923 bits per heavy atom. The second kappa shape index (κ2) is 17.7. The lowest BCUT2D eigenvalue weighted by molar-refractivity contribution is -0.130. The van der Waals surface area contributed by atoms with Crippen molar-refractivity contribution >= 4 is 27.5 Å². The summed E-state index contributed by atoms with van der Waals surface area (Å²) in [6.07, 6.45) is 4.10. The molecule has 1 fully saturated rings. The molecule has 3 aromatic carbocycles. The standard InChI is InChI=1S/C38H50N4O9S/c1-6-15-40(27(2)20-28-11-9-12-30(21-28)52(45,46)31-13-14-32-33(24-31)51-26-50-32)16-7-8-17-41-18-10-19-42(25-36(41)43)38(44)39-29-22-34(47-3)37(49-5)35(23-29)48-4/h9,11-14,21-24,27H,6-8,10,15-20,25-26H2,1-5H3,(H,39,44). The van der Waals surface area contributed by atoms with E-state index in [9.17, 15) is 18.0 Å². The number of methoxy groups -OCH3 is 3. The third-order valence-electron chi connectivity index (χ3n) is 9.39. The fourth-order valence-electron chi connectivity index (χ4n) is 6.63. The fourth-order valence-corrected chi connectivity index (χ4v) is 7.98. The lowest BCUT2D eigenvalue weighted by Gasteiger charge is -2.29. The number of rotatable bonds is 16. The number of nitrogens with one attached hydrogen (secondary N) is 1. The number of unbranched alkanes of at least 4 members (excludes halogenated alkanes) is 1. The number of nitrogens with zero attached hydrogens (tertiary/aromatic N) is 3. The Hall–Kier alpha value is -4.69. The zero-order chi connectivity index (χ0) is 37.3. The summed E-state index contributed by atoms with van der Waals surface area (Å²) in [6.45, 7) is 7.84. The second-order valence-corrected chi connectivity index (χ2v) is 14.9. The highest BCUT2D eigenvalue weighted by molar-refractivity contribution is 7.91. The van der Waals surface area contributed by atoms with Gasteiger partial charge in [0.2, 0.25) is 28.3 Å². The summed E-state index contributed by atoms with van der Waals surface area (Å²) in [5.74, 6) is 2.15. The molecule has 0 saturated carbocycles. The number of amides is 3. The first-order valence-corrected chi connectivity index (χ1v) is 19.2. The van der Waals surface area contributed by atoms with E-state index in [0.29, 0.717) is 66.9 Å². The van der Waals surface area contributed by atoms with Crippen LogP contribution in [0.3, 0.4) is 0 Å². The quantitative estimate of drug-likeness (QED) is 0.189. The monoisotopic (exact) mass is 738 g/mol. The van der Waals surface area contributed by atoms with Crippen molar-refractivity contribution in [2.75, 3.05) is 72.7 Å². The predicted octanol–water partition coefficient (Wildman–Crippen LogP) is 5.46. The number of urea groups is 1. The molecule has 2 aliphatic heterocycles. The highest BCUT2D eigenvalue weighted by atomic mass is 32.2. The lowest BCUT2D eigenvalue weighted by atomic mass is 10.1. The summed E-state index contributed by atoms with van der Waals surface area (Å²) in [6, 6.07) is 15.0. The Bertz CT molecular complexity index is 1790. The second-order valence-electron chi connectivity index (χ2n) is 13.0. The van der Waals surface area contributed by atoms with Crippen molar-refractivity contribution < 1.29 is 41.7 Å². The van der Waals surface area contributed by atoms with Crippen LogP contribution < -0.4 is 29.0 Å². The first kappa shape index (κ1) is 38.5. The molecule has 5 rings (SSSR count). The van der Waals surface area contributed by atoms with E-state index in [1.54, 1.807) is 42.5 Å². The van der Waals surface area contributed by atoms with Gasteiger partial charge < -0.3 is 43.7 Å². The van der Waals surface area contributed by atoms with Gasteiger partial charge in [0.1, 0.15) is 6.54 Å². The van der Waals surface area contributed by atoms with Gasteiger partial charge in [-0.1, -0.05) is 19.1 Å². The third kappa shape index (κ3) is 9.20. The van der Waals surface area contributed by atoms with Gasteiger partial charge in [0, 0.05) is 43.9 Å².